The number of nitrogens with one attached hydrogen (secondary N) is 1. The molecule has 1 aromatic rings. The second kappa shape index (κ2) is 4.56. The second-order valence-corrected chi connectivity index (χ2v) is 7.39. The molecule has 0 radical (unpaired) electrons. The van der Waals surface area contributed by atoms with Gasteiger partial charge < -0.3 is 4.90 Å². The Morgan fingerprint density at radius 1 is 1.30 bits per heavy atom. The molecular formula is C14H19N3O2S. The molecule has 0 atom stereocenters. The average Bonchev–Trinajstić information content (AvgIpc) is 2.60. The number of likely N-dealkylation sites (N-methyl/N-ethyl adjacent to an activating group) is 1. The summed E-state index contributed by atoms with van der Waals surface area (Å²) >= 11 is 0. The lowest BCUT2D eigenvalue weighted by Crippen LogP contribution is -2.52. The molecule has 0 aromatic heterocycles. The van der Waals surface area contributed by atoms with Gasteiger partial charge in [0.2, 0.25) is 0 Å². The number of hydrogen-bond donors (Lipinski definition) is 1. The van der Waals surface area contributed by atoms with Crippen molar-refractivity contribution in [3.8, 4) is 0 Å². The van der Waals surface area contributed by atoms with E-state index in [0.717, 1.165) is 12.8 Å². The maximum atomic E-state index is 12.0. The highest BCUT2D eigenvalue weighted by atomic mass is 32.2. The van der Waals surface area contributed by atoms with Crippen LogP contribution in [0.2, 0.25) is 0 Å². The van der Waals surface area contributed by atoms with Gasteiger partial charge in [-0.25, -0.2) is 8.42 Å². The molecule has 1 aliphatic carbocycles. The normalized spacial score (nSPS) is 24.2. The largest absolute Gasteiger partial charge is 0.302 e. The van der Waals surface area contributed by atoms with Crippen LogP contribution in [0.3, 0.4) is 0 Å². The smallest absolute Gasteiger partial charge is 0.263 e. The van der Waals surface area contributed by atoms with Crippen LogP contribution in [-0.2, 0) is 10.0 Å². The van der Waals surface area contributed by atoms with Crippen molar-refractivity contribution in [3.63, 3.8) is 0 Å². The van der Waals surface area contributed by atoms with E-state index in [2.05, 4.69) is 28.7 Å². The zero-order valence-corrected chi connectivity index (χ0v) is 12.6. The zero-order valence-electron chi connectivity index (χ0n) is 11.8. The zero-order chi connectivity index (χ0) is 14.4. The van der Waals surface area contributed by atoms with Crippen molar-refractivity contribution in [2.45, 2.75) is 29.7 Å². The van der Waals surface area contributed by atoms with E-state index in [4.69, 9.17) is 0 Å². The van der Waals surface area contributed by atoms with E-state index in [1.165, 1.54) is 6.42 Å². The second-order valence-electron chi connectivity index (χ2n) is 5.74. The van der Waals surface area contributed by atoms with Gasteiger partial charge in [-0.3, -0.25) is 9.71 Å². The fraction of sp³-hybridized carbons (Fsp3) is 0.500. The Balaban J connectivity index is 1.91. The summed E-state index contributed by atoms with van der Waals surface area (Å²) < 4.78 is 26.6. The maximum Gasteiger partial charge on any atom is 0.263 e. The number of benzene rings is 1. The highest BCUT2D eigenvalue weighted by Crippen LogP contribution is 2.36. The van der Waals surface area contributed by atoms with Crippen molar-refractivity contribution >= 4 is 15.9 Å². The molecule has 0 amide bonds. The van der Waals surface area contributed by atoms with Crippen LogP contribution in [0.25, 0.3) is 0 Å². The third-order valence-electron chi connectivity index (χ3n) is 4.43. The third-order valence-corrected chi connectivity index (χ3v) is 5.82. The van der Waals surface area contributed by atoms with Gasteiger partial charge in [0.1, 0.15) is 5.84 Å². The van der Waals surface area contributed by atoms with Gasteiger partial charge in [0.25, 0.3) is 10.0 Å². The number of fused-ring (bicyclic) bond motifs is 1. The number of rotatable bonds is 3. The fourth-order valence-corrected chi connectivity index (χ4v) is 4.06. The summed E-state index contributed by atoms with van der Waals surface area (Å²) in [4.78, 5) is 7.09. The van der Waals surface area contributed by atoms with Crippen LogP contribution in [0.1, 0.15) is 24.8 Å². The SMILES string of the molecule is CN(C)C1(CN=C2NS(=O)(=O)c3ccccc32)CCC1. The maximum absolute atomic E-state index is 12.0. The van der Waals surface area contributed by atoms with Gasteiger partial charge >= 0.3 is 0 Å². The van der Waals surface area contributed by atoms with Crippen molar-refractivity contribution in [2.75, 3.05) is 20.6 Å². The molecule has 0 spiro atoms. The standard InChI is InChI=1S/C14H19N3O2S/c1-17(2)14(8-5-9-14)10-15-13-11-6-3-4-7-12(11)20(18,19)16-13/h3-4,6-7H,5,8-10H2,1-2H3,(H,15,16). The van der Waals surface area contributed by atoms with Crippen LogP contribution in [0.15, 0.2) is 34.2 Å². The van der Waals surface area contributed by atoms with Crippen LogP contribution in [0.5, 0.6) is 0 Å². The van der Waals surface area contributed by atoms with Gasteiger partial charge in [-0.05, 0) is 45.5 Å². The van der Waals surface area contributed by atoms with E-state index in [-0.39, 0.29) is 5.54 Å². The van der Waals surface area contributed by atoms with Gasteiger partial charge in [-0.15, -0.1) is 0 Å². The quantitative estimate of drug-likeness (QED) is 0.911. The van der Waals surface area contributed by atoms with Crippen LogP contribution in [0.4, 0.5) is 0 Å². The average molecular weight is 293 g/mol. The predicted octanol–water partition coefficient (Wildman–Crippen LogP) is 1.21. The van der Waals surface area contributed by atoms with Crippen LogP contribution < -0.4 is 4.72 Å². The lowest BCUT2D eigenvalue weighted by atomic mass is 9.76. The molecule has 20 heavy (non-hydrogen) atoms. The Morgan fingerprint density at radius 2 is 2.00 bits per heavy atom. The summed E-state index contributed by atoms with van der Waals surface area (Å²) in [5.41, 5.74) is 0.774. The Labute approximate surface area is 119 Å². The molecule has 0 saturated heterocycles. The lowest BCUT2D eigenvalue weighted by molar-refractivity contribution is 0.0700. The van der Waals surface area contributed by atoms with Crippen LogP contribution in [-0.4, -0.2) is 45.3 Å². The van der Waals surface area contributed by atoms with Gasteiger partial charge in [-0.1, -0.05) is 12.1 Å². The van der Waals surface area contributed by atoms with E-state index in [1.807, 2.05) is 6.07 Å². The summed E-state index contributed by atoms with van der Waals surface area (Å²) in [7, 11) is 0.697. The molecule has 0 unspecified atom stereocenters. The molecule has 108 valence electrons. The van der Waals surface area contributed by atoms with Crippen LogP contribution in [0, 0.1) is 0 Å². The summed E-state index contributed by atoms with van der Waals surface area (Å²) in [6, 6.07) is 6.98. The molecule has 5 nitrogen and oxygen atoms in total. The molecule has 2 aliphatic rings. The molecule has 1 aromatic carbocycles. The molecular weight excluding hydrogens is 274 g/mol. The number of nitrogens with zero attached hydrogens (tertiary/aromatic N) is 2. The highest BCUT2D eigenvalue weighted by molar-refractivity contribution is 7.90. The topological polar surface area (TPSA) is 61.8 Å². The van der Waals surface area contributed by atoms with E-state index >= 15 is 0 Å². The van der Waals surface area contributed by atoms with Gasteiger partial charge in [0, 0.05) is 11.1 Å². The molecule has 1 aliphatic heterocycles. The third kappa shape index (κ3) is 2.03. The Hall–Kier alpha value is -1.40. The van der Waals surface area contributed by atoms with Crippen LogP contribution >= 0.6 is 0 Å². The summed E-state index contributed by atoms with van der Waals surface area (Å²) in [6.45, 7) is 0.631. The van der Waals surface area contributed by atoms with Crippen molar-refractivity contribution < 1.29 is 8.42 Å². The van der Waals surface area contributed by atoms with Crippen molar-refractivity contribution in [3.05, 3.63) is 29.8 Å². The molecule has 1 fully saturated rings. The predicted molar refractivity (Wildman–Crippen MR) is 78.4 cm³/mol. The number of amidine groups is 1. The first-order valence-electron chi connectivity index (χ1n) is 6.79. The summed E-state index contributed by atoms with van der Waals surface area (Å²) in [5, 5.41) is 0. The van der Waals surface area contributed by atoms with E-state index < -0.39 is 10.0 Å². The highest BCUT2D eigenvalue weighted by Gasteiger charge is 2.39. The Morgan fingerprint density at radius 3 is 2.60 bits per heavy atom. The molecule has 3 rings (SSSR count). The van der Waals surface area contributed by atoms with E-state index in [9.17, 15) is 8.42 Å². The van der Waals surface area contributed by atoms with Gasteiger partial charge in [0.05, 0.1) is 11.4 Å². The first-order valence-corrected chi connectivity index (χ1v) is 8.27. The molecule has 1 heterocycles. The van der Waals surface area contributed by atoms with Crippen molar-refractivity contribution in [1.82, 2.24) is 9.62 Å². The van der Waals surface area contributed by atoms with Gasteiger partial charge in [0.15, 0.2) is 0 Å². The van der Waals surface area contributed by atoms with E-state index in [0.29, 0.717) is 22.8 Å². The van der Waals surface area contributed by atoms with Gasteiger partial charge in [-0.2, -0.15) is 0 Å². The number of aliphatic imine (C=N–C) groups is 1. The molecule has 1 saturated carbocycles. The summed E-state index contributed by atoms with van der Waals surface area (Å²) in [5.74, 6) is 0.480. The number of sulfonamides is 1. The first kappa shape index (κ1) is 13.6. The lowest BCUT2D eigenvalue weighted by Gasteiger charge is -2.46. The minimum atomic E-state index is -3.43. The van der Waals surface area contributed by atoms with E-state index in [1.54, 1.807) is 18.2 Å². The first-order chi connectivity index (χ1) is 9.45. The van der Waals surface area contributed by atoms with Crippen molar-refractivity contribution in [1.29, 1.82) is 0 Å². The summed E-state index contributed by atoms with van der Waals surface area (Å²) in [6.07, 6.45) is 3.45. The molecule has 1 N–H and O–H groups in total. The fourth-order valence-electron chi connectivity index (χ4n) is 2.81. The molecule has 0 bridgehead atoms. The minimum Gasteiger partial charge on any atom is -0.302 e. The monoisotopic (exact) mass is 293 g/mol. The Kier molecular flexibility index (Phi) is 3.10. The Bertz CT molecular complexity index is 661. The number of hydrogen-bond acceptors (Lipinski definition) is 4. The minimum absolute atomic E-state index is 0.0932. The molecule has 6 heteroatoms. The van der Waals surface area contributed by atoms with Crippen molar-refractivity contribution in [2.24, 2.45) is 4.99 Å².